The zero-order chi connectivity index (χ0) is 26.2. The average molecular weight is 495 g/mol. The summed E-state index contributed by atoms with van der Waals surface area (Å²) in [4.78, 5) is 53.7. The zero-order valence-corrected chi connectivity index (χ0v) is 20.5. The smallest absolute Gasteiger partial charge is 0.330 e. The maximum atomic E-state index is 12.6. The largest absolute Gasteiger partial charge is 0.495 e. The minimum Gasteiger partial charge on any atom is -0.495 e. The van der Waals surface area contributed by atoms with Crippen LogP contribution in [0.5, 0.6) is 5.75 Å². The molecule has 36 heavy (non-hydrogen) atoms. The van der Waals surface area contributed by atoms with E-state index in [1.807, 2.05) is 43.3 Å². The van der Waals surface area contributed by atoms with Crippen LogP contribution in [-0.2, 0) is 16.1 Å². The standard InChI is InChI=1S/C25H30N6O5/c1-4-30(15-21(33)27-13-20(32)28-18-12-16(2)10-11-19(18)36-3)22-23(26)31(25(35)29-24(22)34)14-17-8-6-5-7-9-17/h5-12H,4,13-15,26H2,1-3H3,(H,27,33)(H,28,32)(H,29,34,35). The van der Waals surface area contributed by atoms with Crippen molar-refractivity contribution in [2.45, 2.75) is 20.4 Å². The van der Waals surface area contributed by atoms with Crippen molar-refractivity contribution < 1.29 is 14.3 Å². The van der Waals surface area contributed by atoms with Crippen LogP contribution >= 0.6 is 0 Å². The lowest BCUT2D eigenvalue weighted by Crippen LogP contribution is -2.44. The van der Waals surface area contributed by atoms with Gasteiger partial charge in [0, 0.05) is 6.54 Å². The lowest BCUT2D eigenvalue weighted by atomic mass is 10.2. The second kappa shape index (κ2) is 11.7. The van der Waals surface area contributed by atoms with E-state index in [-0.39, 0.29) is 37.7 Å². The number of likely N-dealkylation sites (N-methyl/N-ethyl adjacent to an activating group) is 1. The molecule has 0 atom stereocenters. The Kier molecular flexibility index (Phi) is 8.50. The molecule has 0 saturated heterocycles. The highest BCUT2D eigenvalue weighted by atomic mass is 16.5. The number of H-pyrrole nitrogens is 1. The summed E-state index contributed by atoms with van der Waals surface area (Å²) in [6.07, 6.45) is 0. The fraction of sp³-hybridized carbons (Fsp3) is 0.280. The van der Waals surface area contributed by atoms with Crippen molar-refractivity contribution >= 4 is 29.0 Å². The van der Waals surface area contributed by atoms with Crippen LogP contribution in [0, 0.1) is 6.92 Å². The number of carbonyl (C=O) groups is 2. The van der Waals surface area contributed by atoms with Gasteiger partial charge in [-0.3, -0.25) is 23.9 Å². The Balaban J connectivity index is 1.70. The molecule has 2 amide bonds. The molecule has 1 aromatic heterocycles. The molecule has 0 saturated carbocycles. The number of aryl methyl sites for hydroxylation is 1. The van der Waals surface area contributed by atoms with E-state index in [1.54, 1.807) is 19.1 Å². The predicted octanol–water partition coefficient (Wildman–Crippen LogP) is 1.07. The van der Waals surface area contributed by atoms with E-state index in [0.717, 1.165) is 11.1 Å². The molecule has 190 valence electrons. The number of nitrogens with zero attached hydrogens (tertiary/aromatic N) is 2. The SMILES string of the molecule is CCN(CC(=O)NCC(=O)Nc1cc(C)ccc1OC)c1c(N)n(Cc2ccccc2)c(=O)[nH]c1=O. The summed E-state index contributed by atoms with van der Waals surface area (Å²) in [5.74, 6) is -0.490. The van der Waals surface area contributed by atoms with Crippen LogP contribution in [0.3, 0.4) is 0 Å². The summed E-state index contributed by atoms with van der Waals surface area (Å²) in [6, 6.07) is 14.5. The first kappa shape index (κ1) is 26.1. The van der Waals surface area contributed by atoms with Gasteiger partial charge in [-0.1, -0.05) is 36.4 Å². The van der Waals surface area contributed by atoms with Crippen molar-refractivity contribution in [3.05, 3.63) is 80.5 Å². The molecular formula is C25H30N6O5. The number of carbonyl (C=O) groups excluding carboxylic acids is 2. The average Bonchev–Trinajstić information content (AvgIpc) is 2.85. The molecule has 0 aliphatic carbocycles. The second-order valence-corrected chi connectivity index (χ2v) is 8.11. The Morgan fingerprint density at radius 3 is 2.50 bits per heavy atom. The Bertz CT molecular complexity index is 1350. The lowest BCUT2D eigenvalue weighted by molar-refractivity contribution is -0.123. The van der Waals surface area contributed by atoms with E-state index < -0.39 is 23.1 Å². The Labute approximate surface area is 207 Å². The molecule has 1 heterocycles. The van der Waals surface area contributed by atoms with Gasteiger partial charge in [0.25, 0.3) is 5.56 Å². The monoisotopic (exact) mass is 494 g/mol. The number of aromatic amines is 1. The topological polar surface area (TPSA) is 152 Å². The van der Waals surface area contributed by atoms with Crippen molar-refractivity contribution in [2.75, 3.05) is 42.7 Å². The molecule has 2 aromatic carbocycles. The van der Waals surface area contributed by atoms with Crippen LogP contribution in [-0.4, -0.2) is 48.1 Å². The first-order valence-electron chi connectivity index (χ1n) is 11.4. The van der Waals surface area contributed by atoms with Gasteiger partial charge in [0.15, 0.2) is 0 Å². The fourth-order valence-electron chi connectivity index (χ4n) is 3.68. The molecule has 3 aromatic rings. The maximum absolute atomic E-state index is 12.6. The number of rotatable bonds is 10. The van der Waals surface area contributed by atoms with Crippen LogP contribution in [0.1, 0.15) is 18.1 Å². The molecule has 0 unspecified atom stereocenters. The minimum absolute atomic E-state index is 0.0112. The number of methoxy groups -OCH3 is 1. The van der Waals surface area contributed by atoms with E-state index in [0.29, 0.717) is 11.4 Å². The third-order valence-corrected chi connectivity index (χ3v) is 5.51. The van der Waals surface area contributed by atoms with Crippen molar-refractivity contribution in [1.82, 2.24) is 14.9 Å². The molecule has 0 aliphatic heterocycles. The van der Waals surface area contributed by atoms with Gasteiger partial charge in [0.05, 0.1) is 32.4 Å². The number of amides is 2. The normalized spacial score (nSPS) is 10.5. The first-order chi connectivity index (χ1) is 17.2. The maximum Gasteiger partial charge on any atom is 0.330 e. The Morgan fingerprint density at radius 1 is 1.11 bits per heavy atom. The van der Waals surface area contributed by atoms with Gasteiger partial charge in [-0.05, 0) is 37.1 Å². The number of hydrogen-bond donors (Lipinski definition) is 4. The highest BCUT2D eigenvalue weighted by Gasteiger charge is 2.20. The van der Waals surface area contributed by atoms with Crippen molar-refractivity contribution in [3.8, 4) is 5.75 Å². The number of benzene rings is 2. The summed E-state index contributed by atoms with van der Waals surface area (Å²) in [5, 5.41) is 5.25. The lowest BCUT2D eigenvalue weighted by Gasteiger charge is -2.24. The third kappa shape index (κ3) is 6.32. The van der Waals surface area contributed by atoms with E-state index >= 15 is 0 Å². The summed E-state index contributed by atoms with van der Waals surface area (Å²) >= 11 is 0. The van der Waals surface area contributed by atoms with E-state index in [9.17, 15) is 19.2 Å². The number of anilines is 3. The molecule has 0 radical (unpaired) electrons. The summed E-state index contributed by atoms with van der Waals surface area (Å²) in [6.45, 7) is 3.52. The van der Waals surface area contributed by atoms with Gasteiger partial charge in [0.2, 0.25) is 11.8 Å². The van der Waals surface area contributed by atoms with Crippen molar-refractivity contribution in [1.29, 1.82) is 0 Å². The highest BCUT2D eigenvalue weighted by Crippen LogP contribution is 2.25. The Hall–Kier alpha value is -4.54. The number of hydrogen-bond acceptors (Lipinski definition) is 7. The number of nitrogens with one attached hydrogen (secondary N) is 3. The van der Waals surface area contributed by atoms with Gasteiger partial charge in [0.1, 0.15) is 17.3 Å². The van der Waals surface area contributed by atoms with Crippen LogP contribution in [0.15, 0.2) is 58.1 Å². The molecule has 11 heteroatoms. The summed E-state index contributed by atoms with van der Waals surface area (Å²) < 4.78 is 6.49. The fourth-order valence-corrected chi connectivity index (χ4v) is 3.68. The van der Waals surface area contributed by atoms with Gasteiger partial charge in [-0.15, -0.1) is 0 Å². The first-order valence-corrected chi connectivity index (χ1v) is 11.4. The highest BCUT2D eigenvalue weighted by molar-refractivity contribution is 5.96. The number of nitrogens with two attached hydrogens (primary N) is 1. The van der Waals surface area contributed by atoms with E-state index in [1.165, 1.54) is 16.6 Å². The molecule has 3 rings (SSSR count). The van der Waals surface area contributed by atoms with Crippen LogP contribution in [0.2, 0.25) is 0 Å². The van der Waals surface area contributed by atoms with E-state index in [2.05, 4.69) is 15.6 Å². The number of aromatic nitrogens is 2. The second-order valence-electron chi connectivity index (χ2n) is 8.11. The van der Waals surface area contributed by atoms with Crippen LogP contribution in [0.4, 0.5) is 17.2 Å². The molecule has 0 bridgehead atoms. The molecule has 0 aliphatic rings. The molecule has 5 N–H and O–H groups in total. The van der Waals surface area contributed by atoms with Gasteiger partial charge >= 0.3 is 5.69 Å². The van der Waals surface area contributed by atoms with Gasteiger partial charge < -0.3 is 26.0 Å². The minimum atomic E-state index is -0.694. The van der Waals surface area contributed by atoms with Crippen LogP contribution in [0.25, 0.3) is 0 Å². The molecule has 0 spiro atoms. The van der Waals surface area contributed by atoms with Crippen LogP contribution < -0.4 is 37.3 Å². The quantitative estimate of drug-likeness (QED) is 0.329. The van der Waals surface area contributed by atoms with Crippen molar-refractivity contribution in [2.24, 2.45) is 0 Å². The van der Waals surface area contributed by atoms with E-state index in [4.69, 9.17) is 10.5 Å². The van der Waals surface area contributed by atoms with Gasteiger partial charge in [-0.25, -0.2) is 4.79 Å². The predicted molar refractivity (Wildman–Crippen MR) is 139 cm³/mol. The van der Waals surface area contributed by atoms with Gasteiger partial charge in [-0.2, -0.15) is 0 Å². The number of ether oxygens (including phenoxy) is 1. The zero-order valence-electron chi connectivity index (χ0n) is 20.5. The summed E-state index contributed by atoms with van der Waals surface area (Å²) in [7, 11) is 1.50. The molecular weight excluding hydrogens is 464 g/mol. The third-order valence-electron chi connectivity index (χ3n) is 5.51. The van der Waals surface area contributed by atoms with Crippen molar-refractivity contribution in [3.63, 3.8) is 0 Å². The summed E-state index contributed by atoms with van der Waals surface area (Å²) in [5.41, 5.74) is 7.15. The molecule has 11 nitrogen and oxygen atoms in total. The number of nitrogen functional groups attached to an aromatic ring is 1. The molecule has 0 fully saturated rings. The Morgan fingerprint density at radius 2 is 1.83 bits per heavy atom.